The molecule has 4 heterocycles. The average molecular weight is 444 g/mol. The minimum atomic E-state index is -0.898. The van der Waals surface area contributed by atoms with Gasteiger partial charge in [0, 0.05) is 12.4 Å². The monoisotopic (exact) mass is 444 g/mol. The predicted molar refractivity (Wildman–Crippen MR) is 119 cm³/mol. The van der Waals surface area contributed by atoms with Gasteiger partial charge < -0.3 is 19.0 Å². The Morgan fingerprint density at radius 2 is 1.33 bits per heavy atom. The summed E-state index contributed by atoms with van der Waals surface area (Å²) in [4.78, 5) is 38.7. The highest BCUT2D eigenvalue weighted by atomic mass is 16.5. The van der Waals surface area contributed by atoms with Crippen LogP contribution in [-0.2, 0) is 34.0 Å². The molecule has 0 fully saturated rings. The van der Waals surface area contributed by atoms with Crippen molar-refractivity contribution in [2.75, 3.05) is 0 Å². The molecule has 0 bridgehead atoms. The van der Waals surface area contributed by atoms with E-state index < -0.39 is 5.97 Å². The van der Waals surface area contributed by atoms with Gasteiger partial charge in [0.05, 0.1) is 12.7 Å². The first-order valence-electron chi connectivity index (χ1n) is 10.0. The Morgan fingerprint density at radius 3 is 1.91 bits per heavy atom. The van der Waals surface area contributed by atoms with E-state index in [9.17, 15) is 9.59 Å². The Morgan fingerprint density at radius 1 is 0.758 bits per heavy atom. The van der Waals surface area contributed by atoms with Crippen LogP contribution in [0.1, 0.15) is 5.56 Å². The van der Waals surface area contributed by atoms with Crippen LogP contribution in [0.3, 0.4) is 0 Å². The third-order valence-electron chi connectivity index (χ3n) is 4.60. The molecule has 0 saturated carbocycles. The number of esters is 1. The second kappa shape index (κ2) is 10.1. The molecule has 4 aromatic heterocycles. The second-order valence-corrected chi connectivity index (χ2v) is 6.98. The molecule has 10 heteroatoms. The van der Waals surface area contributed by atoms with Crippen LogP contribution in [0.2, 0.25) is 0 Å². The van der Waals surface area contributed by atoms with Gasteiger partial charge in [0.1, 0.15) is 30.7 Å². The summed E-state index contributed by atoms with van der Waals surface area (Å²) >= 11 is 0. The number of benzene rings is 1. The van der Waals surface area contributed by atoms with Crippen LogP contribution in [0.15, 0.2) is 79.6 Å². The fourth-order valence-electron chi connectivity index (χ4n) is 3.09. The van der Waals surface area contributed by atoms with Gasteiger partial charge in [-0.05, 0) is 29.8 Å². The number of rotatable bonds is 6. The molecule has 5 rings (SSSR count). The summed E-state index contributed by atoms with van der Waals surface area (Å²) in [7, 11) is 0. The Bertz CT molecular complexity index is 1380. The zero-order valence-electron chi connectivity index (χ0n) is 17.5. The summed E-state index contributed by atoms with van der Waals surface area (Å²) in [5, 5.41) is 8.57. The quantitative estimate of drug-likeness (QED) is 0.396. The maximum absolute atomic E-state index is 11.8. The van der Waals surface area contributed by atoms with Crippen LogP contribution in [0.25, 0.3) is 22.3 Å². The van der Waals surface area contributed by atoms with Gasteiger partial charge in [0.2, 0.25) is 0 Å². The van der Waals surface area contributed by atoms with Crippen molar-refractivity contribution in [2.45, 2.75) is 19.7 Å². The Balaban J connectivity index is 0.000000172. The number of aliphatic carboxylic acids is 1. The molecule has 0 atom stereocenters. The molecule has 166 valence electrons. The minimum Gasteiger partial charge on any atom is -0.480 e. The first kappa shape index (κ1) is 21.6. The maximum Gasteiger partial charge on any atom is 0.326 e. The molecule has 10 nitrogen and oxygen atoms in total. The molecule has 0 aliphatic carbocycles. The molecule has 1 N–H and O–H groups in total. The molecular formula is C23H20N6O4. The van der Waals surface area contributed by atoms with E-state index in [0.717, 1.165) is 11.1 Å². The molecule has 0 spiro atoms. The number of carbonyl (C=O) groups excluding carboxylic acids is 1. The van der Waals surface area contributed by atoms with Crippen molar-refractivity contribution < 1.29 is 19.4 Å². The molecule has 0 unspecified atom stereocenters. The van der Waals surface area contributed by atoms with Crippen LogP contribution in [0, 0.1) is 0 Å². The van der Waals surface area contributed by atoms with Crippen molar-refractivity contribution in [1.29, 1.82) is 0 Å². The summed E-state index contributed by atoms with van der Waals surface area (Å²) in [6.07, 6.45) is 6.37. The molecule has 0 aliphatic heterocycles. The van der Waals surface area contributed by atoms with Gasteiger partial charge in [0.15, 0.2) is 11.3 Å². The van der Waals surface area contributed by atoms with Gasteiger partial charge in [0.25, 0.3) is 0 Å². The number of carbonyl (C=O) groups is 2. The molecule has 0 amide bonds. The van der Waals surface area contributed by atoms with Gasteiger partial charge in [-0.1, -0.05) is 30.3 Å². The van der Waals surface area contributed by atoms with Crippen LogP contribution in [-0.4, -0.2) is 46.1 Å². The summed E-state index contributed by atoms with van der Waals surface area (Å²) < 4.78 is 8.42. The summed E-state index contributed by atoms with van der Waals surface area (Å²) in [5.41, 5.74) is 3.73. The average Bonchev–Trinajstić information content (AvgIpc) is 3.43. The Kier molecular flexibility index (Phi) is 6.64. The van der Waals surface area contributed by atoms with Crippen molar-refractivity contribution in [1.82, 2.24) is 29.1 Å². The van der Waals surface area contributed by atoms with E-state index in [2.05, 4.69) is 19.9 Å². The van der Waals surface area contributed by atoms with E-state index >= 15 is 0 Å². The van der Waals surface area contributed by atoms with Crippen LogP contribution >= 0.6 is 0 Å². The number of carboxylic acid groups (broad SMARTS) is 1. The van der Waals surface area contributed by atoms with Gasteiger partial charge in [-0.2, -0.15) is 0 Å². The van der Waals surface area contributed by atoms with Crippen molar-refractivity contribution in [3.05, 3.63) is 85.2 Å². The van der Waals surface area contributed by atoms with Gasteiger partial charge >= 0.3 is 11.9 Å². The molecule has 1 aromatic carbocycles. The van der Waals surface area contributed by atoms with Gasteiger partial charge in [-0.3, -0.25) is 9.59 Å². The van der Waals surface area contributed by atoms with E-state index in [0.29, 0.717) is 16.8 Å². The number of aromatic nitrogens is 6. The number of hydrogen-bond acceptors (Lipinski definition) is 7. The molecule has 0 aliphatic rings. The zero-order chi connectivity index (χ0) is 23.0. The SMILES string of the molecule is O=C(Cn1cnc2cccnc21)OCc1ccccc1.O=C(O)Cn1cnc2cccnc21. The highest BCUT2D eigenvalue weighted by molar-refractivity contribution is 5.75. The third-order valence-corrected chi connectivity index (χ3v) is 4.60. The van der Waals surface area contributed by atoms with Crippen LogP contribution in [0.4, 0.5) is 0 Å². The highest BCUT2D eigenvalue weighted by Gasteiger charge is 2.09. The smallest absolute Gasteiger partial charge is 0.326 e. The zero-order valence-corrected chi connectivity index (χ0v) is 17.5. The third kappa shape index (κ3) is 5.56. The number of fused-ring (bicyclic) bond motifs is 2. The van der Waals surface area contributed by atoms with E-state index in [-0.39, 0.29) is 25.7 Å². The van der Waals surface area contributed by atoms with Crippen LogP contribution < -0.4 is 0 Å². The second-order valence-electron chi connectivity index (χ2n) is 6.98. The van der Waals surface area contributed by atoms with Crippen molar-refractivity contribution in [2.24, 2.45) is 0 Å². The van der Waals surface area contributed by atoms with Gasteiger partial charge in [-0.25, -0.2) is 19.9 Å². The number of nitrogens with zero attached hydrogens (tertiary/aromatic N) is 6. The summed E-state index contributed by atoms with van der Waals surface area (Å²) in [6.45, 7) is 0.285. The largest absolute Gasteiger partial charge is 0.480 e. The molecule has 5 aromatic rings. The summed E-state index contributed by atoms with van der Waals surface area (Å²) in [5.74, 6) is -1.20. The van der Waals surface area contributed by atoms with Crippen LogP contribution in [0.5, 0.6) is 0 Å². The lowest BCUT2D eigenvalue weighted by molar-refractivity contribution is -0.145. The highest BCUT2D eigenvalue weighted by Crippen LogP contribution is 2.09. The molecule has 33 heavy (non-hydrogen) atoms. The van der Waals surface area contributed by atoms with Crippen molar-refractivity contribution in [3.63, 3.8) is 0 Å². The first-order chi connectivity index (χ1) is 16.1. The number of pyridine rings is 2. The number of ether oxygens (including phenoxy) is 1. The molecule has 0 saturated heterocycles. The normalized spacial score (nSPS) is 10.5. The maximum atomic E-state index is 11.8. The van der Waals surface area contributed by atoms with Gasteiger partial charge in [-0.15, -0.1) is 0 Å². The standard InChI is InChI=1S/C15H13N3O2.C8H7N3O2/c19-14(20-10-12-5-2-1-3-6-12)9-18-11-17-13-7-4-8-16-15(13)18;12-7(13)4-11-5-10-6-2-1-3-9-8(6)11/h1-8,11H,9-10H2;1-3,5H,4H2,(H,12,13). The fraction of sp³-hybridized carbons (Fsp3) is 0.130. The van der Waals surface area contributed by atoms with E-state index in [1.807, 2.05) is 42.5 Å². The van der Waals surface area contributed by atoms with E-state index in [1.54, 1.807) is 35.4 Å². The van der Waals surface area contributed by atoms with Crippen molar-refractivity contribution in [3.8, 4) is 0 Å². The Hall–Kier alpha value is -4.60. The van der Waals surface area contributed by atoms with Crippen molar-refractivity contribution >= 4 is 34.3 Å². The first-order valence-corrected chi connectivity index (χ1v) is 10.0. The lowest BCUT2D eigenvalue weighted by Crippen LogP contribution is -2.13. The Labute approximate surface area is 188 Å². The van der Waals surface area contributed by atoms with E-state index in [4.69, 9.17) is 9.84 Å². The fourth-order valence-corrected chi connectivity index (χ4v) is 3.09. The predicted octanol–water partition coefficient (Wildman–Crippen LogP) is 2.69. The lowest BCUT2D eigenvalue weighted by Gasteiger charge is -2.05. The number of carboxylic acids is 1. The molecule has 0 radical (unpaired) electrons. The minimum absolute atomic E-state index is 0.104. The van der Waals surface area contributed by atoms with E-state index in [1.165, 1.54) is 10.9 Å². The number of imidazole rings is 2. The number of hydrogen-bond donors (Lipinski definition) is 1. The topological polar surface area (TPSA) is 125 Å². The summed E-state index contributed by atoms with van der Waals surface area (Å²) in [6, 6.07) is 16.8. The lowest BCUT2D eigenvalue weighted by atomic mass is 10.2. The molecular weight excluding hydrogens is 424 g/mol.